The Bertz CT molecular complexity index is 783. The molecule has 0 radical (unpaired) electrons. The van der Waals surface area contributed by atoms with E-state index in [2.05, 4.69) is 15.0 Å². The van der Waals surface area contributed by atoms with Crippen molar-refractivity contribution in [2.45, 2.75) is 0 Å². The van der Waals surface area contributed by atoms with E-state index in [4.69, 9.17) is 20.9 Å². The number of anilines is 2. The molecule has 0 saturated heterocycles. The summed E-state index contributed by atoms with van der Waals surface area (Å²) >= 11 is 0. The molecule has 0 saturated carbocycles. The highest BCUT2D eigenvalue weighted by Gasteiger charge is 2.06. The molecular weight excluding hydrogens is 294 g/mol. The second-order valence-electron chi connectivity index (χ2n) is 4.68. The molecule has 2 aromatic carbocycles. The van der Waals surface area contributed by atoms with Crippen molar-refractivity contribution >= 4 is 11.9 Å². The Labute approximate surface area is 132 Å². The fraction of sp³-hybridized carbons (Fsp3) is 0.0625. The van der Waals surface area contributed by atoms with E-state index >= 15 is 0 Å². The van der Waals surface area contributed by atoms with Crippen LogP contribution in [0, 0.1) is 0 Å². The number of benzene rings is 2. The van der Waals surface area contributed by atoms with Crippen LogP contribution < -0.4 is 20.9 Å². The SMILES string of the molecule is COc1ccc(Oc2ccc(-c3nc(N)nc(N)n3)cc2)cc1. The first-order valence-corrected chi connectivity index (χ1v) is 6.83. The second-order valence-corrected chi connectivity index (χ2v) is 4.68. The van der Waals surface area contributed by atoms with Gasteiger partial charge in [-0.3, -0.25) is 0 Å². The molecule has 0 fully saturated rings. The van der Waals surface area contributed by atoms with Crippen molar-refractivity contribution in [3.63, 3.8) is 0 Å². The van der Waals surface area contributed by atoms with Gasteiger partial charge in [0.05, 0.1) is 7.11 Å². The van der Waals surface area contributed by atoms with Gasteiger partial charge < -0.3 is 20.9 Å². The first-order chi connectivity index (χ1) is 11.1. The summed E-state index contributed by atoms with van der Waals surface area (Å²) in [4.78, 5) is 11.9. The third kappa shape index (κ3) is 3.46. The van der Waals surface area contributed by atoms with E-state index in [9.17, 15) is 0 Å². The number of rotatable bonds is 4. The number of nitrogens with zero attached hydrogens (tertiary/aromatic N) is 3. The number of ether oxygens (including phenoxy) is 2. The maximum atomic E-state index is 5.76. The molecule has 0 spiro atoms. The van der Waals surface area contributed by atoms with Crippen molar-refractivity contribution in [3.8, 4) is 28.6 Å². The fourth-order valence-corrected chi connectivity index (χ4v) is 1.99. The molecule has 3 aromatic rings. The van der Waals surface area contributed by atoms with Crippen LogP contribution in [-0.2, 0) is 0 Å². The van der Waals surface area contributed by atoms with Gasteiger partial charge in [-0.15, -0.1) is 0 Å². The normalized spacial score (nSPS) is 10.3. The van der Waals surface area contributed by atoms with Gasteiger partial charge in [-0.25, -0.2) is 0 Å². The van der Waals surface area contributed by atoms with Crippen molar-refractivity contribution in [2.75, 3.05) is 18.6 Å². The molecule has 23 heavy (non-hydrogen) atoms. The first kappa shape index (κ1) is 14.6. The number of aromatic nitrogens is 3. The van der Waals surface area contributed by atoms with Gasteiger partial charge in [-0.05, 0) is 48.5 Å². The van der Waals surface area contributed by atoms with E-state index in [-0.39, 0.29) is 11.9 Å². The van der Waals surface area contributed by atoms with E-state index < -0.39 is 0 Å². The Kier molecular flexibility index (Phi) is 3.92. The Balaban J connectivity index is 1.78. The lowest BCUT2D eigenvalue weighted by Crippen LogP contribution is -2.04. The van der Waals surface area contributed by atoms with E-state index in [0.717, 1.165) is 11.3 Å². The molecule has 0 aliphatic rings. The Morgan fingerprint density at radius 1 is 0.696 bits per heavy atom. The maximum absolute atomic E-state index is 5.76. The van der Waals surface area contributed by atoms with Crippen LogP contribution in [-0.4, -0.2) is 22.1 Å². The average Bonchev–Trinajstić information content (AvgIpc) is 2.55. The Hall–Kier alpha value is -3.35. The lowest BCUT2D eigenvalue weighted by atomic mass is 10.2. The van der Waals surface area contributed by atoms with Crippen LogP contribution in [0.25, 0.3) is 11.4 Å². The van der Waals surface area contributed by atoms with Gasteiger partial charge in [0, 0.05) is 5.56 Å². The Morgan fingerprint density at radius 2 is 1.17 bits per heavy atom. The van der Waals surface area contributed by atoms with Crippen molar-refractivity contribution < 1.29 is 9.47 Å². The molecule has 7 nitrogen and oxygen atoms in total. The lowest BCUT2D eigenvalue weighted by molar-refractivity contribution is 0.413. The van der Waals surface area contributed by atoms with E-state index in [1.165, 1.54) is 0 Å². The summed E-state index contributed by atoms with van der Waals surface area (Å²) in [5, 5.41) is 0. The fourth-order valence-electron chi connectivity index (χ4n) is 1.99. The first-order valence-electron chi connectivity index (χ1n) is 6.83. The average molecular weight is 309 g/mol. The van der Waals surface area contributed by atoms with Crippen LogP contribution in [0.3, 0.4) is 0 Å². The topological polar surface area (TPSA) is 109 Å². The molecule has 0 aliphatic heterocycles. The molecule has 1 heterocycles. The summed E-state index contributed by atoms with van der Waals surface area (Å²) in [7, 11) is 1.62. The molecule has 3 rings (SSSR count). The molecule has 0 aliphatic carbocycles. The van der Waals surface area contributed by atoms with Crippen LogP contribution in [0.1, 0.15) is 0 Å². The summed E-state index contributed by atoms with van der Waals surface area (Å²) in [5.74, 6) is 2.78. The zero-order chi connectivity index (χ0) is 16.2. The smallest absolute Gasteiger partial charge is 0.225 e. The monoisotopic (exact) mass is 309 g/mol. The van der Waals surface area contributed by atoms with Crippen molar-refractivity contribution in [1.82, 2.24) is 15.0 Å². The predicted molar refractivity (Wildman–Crippen MR) is 87.2 cm³/mol. The third-order valence-corrected chi connectivity index (χ3v) is 3.08. The van der Waals surface area contributed by atoms with Gasteiger partial charge in [0.15, 0.2) is 5.82 Å². The summed E-state index contributed by atoms with van der Waals surface area (Å²) in [6.07, 6.45) is 0. The third-order valence-electron chi connectivity index (χ3n) is 3.08. The van der Waals surface area contributed by atoms with Crippen LogP contribution in [0.2, 0.25) is 0 Å². The largest absolute Gasteiger partial charge is 0.497 e. The zero-order valence-electron chi connectivity index (χ0n) is 12.4. The highest BCUT2D eigenvalue weighted by atomic mass is 16.5. The number of hydrogen-bond acceptors (Lipinski definition) is 7. The molecule has 7 heteroatoms. The molecule has 0 amide bonds. The summed E-state index contributed by atoms with van der Waals surface area (Å²) in [6.45, 7) is 0. The van der Waals surface area contributed by atoms with Crippen molar-refractivity contribution in [3.05, 3.63) is 48.5 Å². The summed E-state index contributed by atoms with van der Waals surface area (Å²) in [5.41, 5.74) is 11.9. The number of nitrogen functional groups attached to an aromatic ring is 2. The number of nitrogens with two attached hydrogens (primary N) is 2. The standard InChI is InChI=1S/C16H15N5O2/c1-22-11-6-8-13(9-7-11)23-12-4-2-10(3-5-12)14-19-15(17)21-16(18)20-14/h2-9H,1H3,(H4,17,18,19,20,21). The van der Waals surface area contributed by atoms with Gasteiger partial charge in [0.2, 0.25) is 11.9 Å². The molecule has 116 valence electrons. The lowest BCUT2D eigenvalue weighted by Gasteiger charge is -2.07. The van der Waals surface area contributed by atoms with Gasteiger partial charge in [0.1, 0.15) is 17.2 Å². The van der Waals surface area contributed by atoms with Crippen LogP contribution in [0.4, 0.5) is 11.9 Å². The van der Waals surface area contributed by atoms with Crippen LogP contribution in [0.5, 0.6) is 17.2 Å². The van der Waals surface area contributed by atoms with E-state index in [1.54, 1.807) is 7.11 Å². The number of methoxy groups -OCH3 is 1. The van der Waals surface area contributed by atoms with Crippen LogP contribution >= 0.6 is 0 Å². The maximum Gasteiger partial charge on any atom is 0.225 e. The minimum absolute atomic E-state index is 0.0889. The van der Waals surface area contributed by atoms with Gasteiger partial charge in [0.25, 0.3) is 0 Å². The highest BCUT2D eigenvalue weighted by molar-refractivity contribution is 5.58. The molecule has 4 N–H and O–H groups in total. The predicted octanol–water partition coefficient (Wildman–Crippen LogP) is 2.50. The van der Waals surface area contributed by atoms with Crippen molar-refractivity contribution in [2.24, 2.45) is 0 Å². The summed E-state index contributed by atoms with van der Waals surface area (Å²) in [6, 6.07) is 14.6. The summed E-state index contributed by atoms with van der Waals surface area (Å²) < 4.78 is 10.9. The number of hydrogen-bond donors (Lipinski definition) is 2. The van der Waals surface area contributed by atoms with Crippen LogP contribution in [0.15, 0.2) is 48.5 Å². The second kappa shape index (κ2) is 6.18. The highest BCUT2D eigenvalue weighted by Crippen LogP contribution is 2.26. The zero-order valence-corrected chi connectivity index (χ0v) is 12.4. The molecule has 0 atom stereocenters. The van der Waals surface area contributed by atoms with Gasteiger partial charge in [-0.2, -0.15) is 15.0 Å². The van der Waals surface area contributed by atoms with Gasteiger partial charge in [-0.1, -0.05) is 0 Å². The Morgan fingerprint density at radius 3 is 1.70 bits per heavy atom. The quantitative estimate of drug-likeness (QED) is 0.762. The van der Waals surface area contributed by atoms with Gasteiger partial charge >= 0.3 is 0 Å². The van der Waals surface area contributed by atoms with E-state index in [0.29, 0.717) is 17.3 Å². The molecular formula is C16H15N5O2. The molecule has 0 bridgehead atoms. The molecule has 1 aromatic heterocycles. The van der Waals surface area contributed by atoms with Crippen molar-refractivity contribution in [1.29, 1.82) is 0 Å². The van der Waals surface area contributed by atoms with E-state index in [1.807, 2.05) is 48.5 Å². The minimum atomic E-state index is 0.0889. The molecule has 0 unspecified atom stereocenters. The minimum Gasteiger partial charge on any atom is -0.497 e.